The van der Waals surface area contributed by atoms with E-state index in [2.05, 4.69) is 4.72 Å². The first kappa shape index (κ1) is 18.6. The Morgan fingerprint density at radius 1 is 1.45 bits per heavy atom. The summed E-state index contributed by atoms with van der Waals surface area (Å²) in [5.41, 5.74) is 4.72. The molecule has 20 heavy (non-hydrogen) atoms. The molecule has 1 rings (SSSR count). The van der Waals surface area contributed by atoms with Gasteiger partial charge in [-0.1, -0.05) is 0 Å². The van der Waals surface area contributed by atoms with E-state index in [0.717, 1.165) is 12.1 Å². The number of nitrogens with two attached hydrogens (primary N) is 1. The van der Waals surface area contributed by atoms with Crippen molar-refractivity contribution in [2.24, 2.45) is 5.73 Å². The average Bonchev–Trinajstić information content (AvgIpc) is 2.38. The van der Waals surface area contributed by atoms with Crippen molar-refractivity contribution in [1.29, 1.82) is 0 Å². The summed E-state index contributed by atoms with van der Waals surface area (Å²) in [5, 5.41) is 10.9. The maximum atomic E-state index is 11.9. The molecule has 0 aliphatic rings. The van der Waals surface area contributed by atoms with Gasteiger partial charge < -0.3 is 10.5 Å². The molecule has 0 saturated heterocycles. The second kappa shape index (κ2) is 8.00. The molecule has 8 nitrogen and oxygen atoms in total. The first-order chi connectivity index (χ1) is 8.92. The highest BCUT2D eigenvalue weighted by Crippen LogP contribution is 2.28. The van der Waals surface area contributed by atoms with E-state index in [0.29, 0.717) is 13.0 Å². The van der Waals surface area contributed by atoms with E-state index < -0.39 is 25.5 Å². The number of hydrogen-bond donors (Lipinski definition) is 2. The number of nitro groups is 1. The first-order valence-corrected chi connectivity index (χ1v) is 6.93. The molecule has 0 bridgehead atoms. The van der Waals surface area contributed by atoms with Crippen molar-refractivity contribution in [3.63, 3.8) is 0 Å². The molecule has 0 atom stereocenters. The summed E-state index contributed by atoms with van der Waals surface area (Å²) in [6.45, 7) is 0.454. The van der Waals surface area contributed by atoms with Crippen LogP contribution >= 0.6 is 12.4 Å². The van der Waals surface area contributed by atoms with Gasteiger partial charge in [0, 0.05) is 6.54 Å². The predicted molar refractivity (Wildman–Crippen MR) is 75.8 cm³/mol. The Kier molecular flexibility index (Phi) is 7.43. The highest BCUT2D eigenvalue weighted by atomic mass is 35.5. The number of nitrogens with zero attached hydrogens (tertiary/aromatic N) is 1. The minimum absolute atomic E-state index is 0. The molecule has 3 N–H and O–H groups in total. The molecule has 0 heterocycles. The van der Waals surface area contributed by atoms with Crippen molar-refractivity contribution in [3.05, 3.63) is 28.3 Å². The molecule has 10 heteroatoms. The van der Waals surface area contributed by atoms with E-state index in [9.17, 15) is 18.5 Å². The highest BCUT2D eigenvalue weighted by molar-refractivity contribution is 7.89. The molecule has 0 unspecified atom stereocenters. The van der Waals surface area contributed by atoms with Crippen molar-refractivity contribution < 1.29 is 18.1 Å². The lowest BCUT2D eigenvalue weighted by atomic mass is 10.3. The third kappa shape index (κ3) is 4.60. The predicted octanol–water partition coefficient (Wildman–Crippen LogP) is 0.652. The number of hydrogen-bond acceptors (Lipinski definition) is 6. The van der Waals surface area contributed by atoms with Crippen LogP contribution < -0.4 is 15.2 Å². The Labute approximate surface area is 122 Å². The molecule has 0 radical (unpaired) electrons. The van der Waals surface area contributed by atoms with Gasteiger partial charge in [0.05, 0.1) is 18.1 Å². The fourth-order valence-electron chi connectivity index (χ4n) is 1.38. The highest BCUT2D eigenvalue weighted by Gasteiger charge is 2.25. The third-order valence-electron chi connectivity index (χ3n) is 2.33. The van der Waals surface area contributed by atoms with Crippen LogP contribution in [-0.2, 0) is 10.0 Å². The fraction of sp³-hybridized carbons (Fsp3) is 0.400. The number of halogens is 1. The topological polar surface area (TPSA) is 125 Å². The number of sulfonamides is 1. The summed E-state index contributed by atoms with van der Waals surface area (Å²) in [6.07, 6.45) is 0.448. The zero-order valence-electron chi connectivity index (χ0n) is 10.7. The van der Waals surface area contributed by atoms with Crippen LogP contribution in [0.4, 0.5) is 5.69 Å². The summed E-state index contributed by atoms with van der Waals surface area (Å²) in [6, 6.07) is 3.56. The molecule has 0 saturated carbocycles. The van der Waals surface area contributed by atoms with Gasteiger partial charge >= 0.3 is 0 Å². The average molecular weight is 326 g/mol. The molecule has 1 aromatic rings. The summed E-state index contributed by atoms with van der Waals surface area (Å²) in [5.74, 6) is 0.215. The van der Waals surface area contributed by atoms with E-state index in [1.54, 1.807) is 0 Å². The number of methoxy groups -OCH3 is 1. The minimum atomic E-state index is -3.94. The van der Waals surface area contributed by atoms with Crippen molar-refractivity contribution in [1.82, 2.24) is 4.72 Å². The van der Waals surface area contributed by atoms with Crippen molar-refractivity contribution in [2.75, 3.05) is 20.2 Å². The van der Waals surface area contributed by atoms with Crippen LogP contribution in [-0.4, -0.2) is 33.5 Å². The molecule has 0 aromatic heterocycles. The summed E-state index contributed by atoms with van der Waals surface area (Å²) < 4.78 is 31.0. The Morgan fingerprint density at radius 2 is 2.10 bits per heavy atom. The van der Waals surface area contributed by atoms with Gasteiger partial charge in [-0.2, -0.15) is 0 Å². The van der Waals surface area contributed by atoms with E-state index in [4.69, 9.17) is 10.5 Å². The molecule has 0 aliphatic carbocycles. The van der Waals surface area contributed by atoms with Gasteiger partial charge in [0.25, 0.3) is 5.69 Å². The Bertz CT molecular complexity index is 564. The van der Waals surface area contributed by atoms with Gasteiger partial charge in [-0.25, -0.2) is 13.1 Å². The van der Waals surface area contributed by atoms with Gasteiger partial charge in [0.2, 0.25) is 10.0 Å². The lowest BCUT2D eigenvalue weighted by molar-refractivity contribution is -0.387. The molecular weight excluding hydrogens is 310 g/mol. The Balaban J connectivity index is 0.00000361. The molecule has 1 aromatic carbocycles. The second-order valence-corrected chi connectivity index (χ2v) is 5.37. The molecule has 114 valence electrons. The maximum Gasteiger partial charge on any atom is 0.293 e. The van der Waals surface area contributed by atoms with Gasteiger partial charge in [-0.3, -0.25) is 10.1 Å². The molecule has 0 fully saturated rings. The number of rotatable bonds is 7. The largest absolute Gasteiger partial charge is 0.497 e. The van der Waals surface area contributed by atoms with Gasteiger partial charge in [0.15, 0.2) is 4.90 Å². The third-order valence-corrected chi connectivity index (χ3v) is 3.83. The summed E-state index contributed by atoms with van der Waals surface area (Å²) in [7, 11) is -2.60. The number of nitrogens with one attached hydrogen (secondary N) is 1. The zero-order valence-corrected chi connectivity index (χ0v) is 12.4. The van der Waals surface area contributed by atoms with Crippen LogP contribution in [0.2, 0.25) is 0 Å². The van der Waals surface area contributed by atoms with Crippen LogP contribution in [0.15, 0.2) is 23.1 Å². The van der Waals surface area contributed by atoms with Crippen LogP contribution in [0.5, 0.6) is 5.75 Å². The molecular formula is C10H16ClN3O5S. The van der Waals surface area contributed by atoms with Crippen molar-refractivity contribution in [2.45, 2.75) is 11.3 Å². The van der Waals surface area contributed by atoms with Gasteiger partial charge in [-0.05, 0) is 25.1 Å². The lowest BCUT2D eigenvalue weighted by Crippen LogP contribution is -2.26. The fourth-order valence-corrected chi connectivity index (χ4v) is 2.60. The SMILES string of the molecule is COc1ccc(S(=O)(=O)NCCCN)c([N+](=O)[O-])c1.Cl. The van der Waals surface area contributed by atoms with Gasteiger partial charge in [0.1, 0.15) is 5.75 Å². The van der Waals surface area contributed by atoms with Crippen LogP contribution in [0.1, 0.15) is 6.42 Å². The van der Waals surface area contributed by atoms with E-state index in [1.165, 1.54) is 13.2 Å². The standard InChI is InChI=1S/C10H15N3O5S.ClH/c1-18-8-3-4-10(9(7-8)13(14)15)19(16,17)12-6-2-5-11;/h3-4,7,12H,2,5-6,11H2,1H3;1H. The zero-order chi connectivity index (χ0) is 14.5. The molecule has 0 spiro atoms. The monoisotopic (exact) mass is 325 g/mol. The second-order valence-electron chi connectivity index (χ2n) is 3.63. The van der Waals surface area contributed by atoms with Crippen molar-refractivity contribution in [3.8, 4) is 5.75 Å². The van der Waals surface area contributed by atoms with Gasteiger partial charge in [-0.15, -0.1) is 12.4 Å². The summed E-state index contributed by atoms with van der Waals surface area (Å²) in [4.78, 5) is 9.75. The Morgan fingerprint density at radius 3 is 2.60 bits per heavy atom. The molecule has 0 aliphatic heterocycles. The lowest BCUT2D eigenvalue weighted by Gasteiger charge is -2.07. The molecule has 0 amide bonds. The van der Waals surface area contributed by atoms with E-state index >= 15 is 0 Å². The van der Waals surface area contributed by atoms with Crippen molar-refractivity contribution >= 4 is 28.1 Å². The normalized spacial score (nSPS) is 10.7. The quantitative estimate of drug-likeness (QED) is 0.431. The smallest absolute Gasteiger partial charge is 0.293 e. The number of nitro benzene ring substituents is 1. The number of ether oxygens (including phenoxy) is 1. The summed E-state index contributed by atoms with van der Waals surface area (Å²) >= 11 is 0. The van der Waals surface area contributed by atoms with Crippen LogP contribution in [0.25, 0.3) is 0 Å². The van der Waals surface area contributed by atoms with E-state index in [-0.39, 0.29) is 24.7 Å². The van der Waals surface area contributed by atoms with Crippen LogP contribution in [0, 0.1) is 10.1 Å². The number of benzene rings is 1. The maximum absolute atomic E-state index is 11.9. The van der Waals surface area contributed by atoms with Crippen LogP contribution in [0.3, 0.4) is 0 Å². The first-order valence-electron chi connectivity index (χ1n) is 5.44. The Hall–Kier alpha value is -1.42. The van der Waals surface area contributed by atoms with E-state index in [1.807, 2.05) is 0 Å². The minimum Gasteiger partial charge on any atom is -0.497 e.